The van der Waals surface area contributed by atoms with E-state index < -0.39 is 11.8 Å². The van der Waals surface area contributed by atoms with Crippen molar-refractivity contribution in [2.24, 2.45) is 12.9 Å². The van der Waals surface area contributed by atoms with Crippen LogP contribution in [0.15, 0.2) is 30.5 Å². The maximum Gasteiger partial charge on any atom is 0.284 e. The fourth-order valence-electron chi connectivity index (χ4n) is 2.76. The van der Waals surface area contributed by atoms with Crippen molar-refractivity contribution in [1.82, 2.24) is 25.5 Å². The van der Waals surface area contributed by atoms with E-state index in [1.165, 1.54) is 13.3 Å². The molecule has 0 aliphatic rings. The first-order valence-electron chi connectivity index (χ1n) is 8.31. The van der Waals surface area contributed by atoms with Gasteiger partial charge in [0.1, 0.15) is 22.9 Å². The number of nitrogens with one attached hydrogen (secondary N) is 2. The second-order valence-corrected chi connectivity index (χ2v) is 5.89. The van der Waals surface area contributed by atoms with Crippen molar-refractivity contribution in [1.29, 1.82) is 0 Å². The average molecular weight is 384 g/mol. The van der Waals surface area contributed by atoms with E-state index in [1.807, 2.05) is 5.43 Å². The van der Waals surface area contributed by atoms with Gasteiger partial charge in [-0.05, 0) is 18.2 Å². The molecule has 0 bridgehead atoms. The first-order chi connectivity index (χ1) is 13.5. The molecule has 2 heterocycles. The fraction of sp³-hybridized carbons (Fsp3) is 0.222. The molecule has 0 saturated carbocycles. The van der Waals surface area contributed by atoms with Crippen molar-refractivity contribution in [3.63, 3.8) is 0 Å². The molecule has 10 heteroatoms. The van der Waals surface area contributed by atoms with Crippen molar-refractivity contribution in [2.45, 2.75) is 6.54 Å². The highest BCUT2D eigenvalue weighted by molar-refractivity contribution is 6.06. The first-order valence-corrected chi connectivity index (χ1v) is 8.31. The number of fused-ring (bicyclic) bond motifs is 1. The summed E-state index contributed by atoms with van der Waals surface area (Å²) in [5.41, 5.74) is 3.48. The Kier molecular flexibility index (Phi) is 5.41. The molecule has 10 nitrogen and oxygen atoms in total. The van der Waals surface area contributed by atoms with E-state index in [-0.39, 0.29) is 17.9 Å². The number of hydrogen-bond acceptors (Lipinski definition) is 7. The van der Waals surface area contributed by atoms with E-state index in [9.17, 15) is 9.59 Å². The third-order valence-electron chi connectivity index (χ3n) is 4.26. The van der Waals surface area contributed by atoms with Crippen LogP contribution in [0.5, 0.6) is 11.5 Å². The predicted octanol–water partition coefficient (Wildman–Crippen LogP) is 0.519. The van der Waals surface area contributed by atoms with Crippen molar-refractivity contribution < 1.29 is 19.1 Å². The Morgan fingerprint density at radius 2 is 1.96 bits per heavy atom. The summed E-state index contributed by atoms with van der Waals surface area (Å²) in [6, 6.07) is 6.86. The number of hydrogen-bond donors (Lipinski definition) is 3. The summed E-state index contributed by atoms with van der Waals surface area (Å²) >= 11 is 0. The Bertz CT molecular complexity index is 1050. The number of methoxy groups -OCH3 is 2. The van der Waals surface area contributed by atoms with Crippen LogP contribution in [0.25, 0.3) is 10.9 Å². The zero-order valence-electron chi connectivity index (χ0n) is 15.6. The highest BCUT2D eigenvalue weighted by Gasteiger charge is 2.19. The number of ether oxygens (including phenoxy) is 2. The highest BCUT2D eigenvalue weighted by atomic mass is 16.5. The first kappa shape index (κ1) is 19.1. The minimum Gasteiger partial charge on any atom is -0.497 e. The van der Waals surface area contributed by atoms with Gasteiger partial charge < -0.3 is 14.8 Å². The van der Waals surface area contributed by atoms with E-state index in [4.69, 9.17) is 15.3 Å². The number of nitrogen functional groups attached to an aromatic ring is 1. The Morgan fingerprint density at radius 1 is 1.18 bits per heavy atom. The number of carbonyl (C=O) groups is 2. The molecule has 0 fully saturated rings. The normalized spacial score (nSPS) is 10.6. The van der Waals surface area contributed by atoms with Crippen LogP contribution in [0.4, 0.5) is 0 Å². The topological polar surface area (TPSA) is 133 Å². The lowest BCUT2D eigenvalue weighted by Crippen LogP contribution is -2.32. The summed E-state index contributed by atoms with van der Waals surface area (Å²) in [5.74, 6) is 5.40. The Balaban J connectivity index is 1.88. The molecule has 0 aliphatic heterocycles. The van der Waals surface area contributed by atoms with Crippen LogP contribution < -0.4 is 26.1 Å². The molecule has 4 N–H and O–H groups in total. The molecule has 2 aromatic heterocycles. The number of aryl methyl sites for hydroxylation is 1. The number of amides is 2. The second kappa shape index (κ2) is 7.92. The molecule has 1 aromatic carbocycles. The average Bonchev–Trinajstić information content (AvgIpc) is 3.11. The Morgan fingerprint density at radius 3 is 2.64 bits per heavy atom. The number of aromatic nitrogens is 3. The SMILES string of the molecule is COc1ccc(CNC(=O)c2cc3c(cnn3C)c(C(=O)NN)n2)c(OC)c1. The van der Waals surface area contributed by atoms with Crippen LogP contribution >= 0.6 is 0 Å². The van der Waals surface area contributed by atoms with Crippen molar-refractivity contribution in [3.05, 3.63) is 47.4 Å². The fourth-order valence-corrected chi connectivity index (χ4v) is 2.76. The summed E-state index contributed by atoms with van der Waals surface area (Å²) in [4.78, 5) is 28.8. The monoisotopic (exact) mass is 384 g/mol. The molecule has 2 amide bonds. The van der Waals surface area contributed by atoms with Crippen molar-refractivity contribution in [2.75, 3.05) is 14.2 Å². The zero-order chi connectivity index (χ0) is 20.3. The van der Waals surface area contributed by atoms with Crippen LogP contribution in [0.3, 0.4) is 0 Å². The number of rotatable bonds is 6. The van der Waals surface area contributed by atoms with Gasteiger partial charge in [0.25, 0.3) is 11.8 Å². The van der Waals surface area contributed by atoms with Gasteiger partial charge in [0.05, 0.1) is 31.3 Å². The van der Waals surface area contributed by atoms with E-state index in [2.05, 4.69) is 15.4 Å². The molecule has 0 saturated heterocycles. The smallest absolute Gasteiger partial charge is 0.284 e. The summed E-state index contributed by atoms with van der Waals surface area (Å²) < 4.78 is 12.0. The van der Waals surface area contributed by atoms with E-state index in [0.29, 0.717) is 22.4 Å². The van der Waals surface area contributed by atoms with Gasteiger partial charge >= 0.3 is 0 Å². The standard InChI is InChI=1S/C18H20N6O4/c1-24-14-7-13(22-16(18(26)23-19)12(14)9-21-24)17(25)20-8-10-4-5-11(27-2)6-15(10)28-3/h4-7,9H,8,19H2,1-3H3,(H,20,25)(H,23,26). The van der Waals surface area contributed by atoms with Gasteiger partial charge in [0, 0.05) is 25.2 Å². The Labute approximate surface area is 160 Å². The molecule has 0 radical (unpaired) electrons. The number of nitrogens with two attached hydrogens (primary N) is 1. The third kappa shape index (κ3) is 3.58. The number of carbonyl (C=O) groups excluding carboxylic acids is 2. The van der Waals surface area contributed by atoms with Crippen LogP contribution in [0.2, 0.25) is 0 Å². The molecular weight excluding hydrogens is 364 g/mol. The van der Waals surface area contributed by atoms with Gasteiger partial charge in [0.2, 0.25) is 0 Å². The number of benzene rings is 1. The molecule has 0 atom stereocenters. The van der Waals surface area contributed by atoms with Crippen LogP contribution in [0, 0.1) is 0 Å². The highest BCUT2D eigenvalue weighted by Crippen LogP contribution is 2.24. The largest absolute Gasteiger partial charge is 0.497 e. The molecule has 0 aliphatic carbocycles. The van der Waals surface area contributed by atoms with E-state index in [0.717, 1.165) is 5.56 Å². The molecule has 3 aromatic rings. The van der Waals surface area contributed by atoms with Gasteiger partial charge in [-0.3, -0.25) is 19.7 Å². The minimum absolute atomic E-state index is 0.0280. The van der Waals surface area contributed by atoms with Crippen molar-refractivity contribution in [3.8, 4) is 11.5 Å². The quantitative estimate of drug-likeness (QED) is 0.320. The van der Waals surface area contributed by atoms with Gasteiger partial charge in [0.15, 0.2) is 0 Å². The van der Waals surface area contributed by atoms with Crippen LogP contribution in [-0.2, 0) is 13.6 Å². The lowest BCUT2D eigenvalue weighted by molar-refractivity contribution is 0.0943. The predicted molar refractivity (Wildman–Crippen MR) is 101 cm³/mol. The maximum atomic E-state index is 12.6. The molecule has 28 heavy (non-hydrogen) atoms. The zero-order valence-corrected chi connectivity index (χ0v) is 15.6. The second-order valence-electron chi connectivity index (χ2n) is 5.89. The van der Waals surface area contributed by atoms with Gasteiger partial charge in [-0.2, -0.15) is 5.10 Å². The van der Waals surface area contributed by atoms with Gasteiger partial charge in [-0.1, -0.05) is 0 Å². The number of nitrogens with zero attached hydrogens (tertiary/aromatic N) is 3. The Hall–Kier alpha value is -3.66. The van der Waals surface area contributed by atoms with Gasteiger partial charge in [-0.15, -0.1) is 0 Å². The lowest BCUT2D eigenvalue weighted by Gasteiger charge is -2.12. The lowest BCUT2D eigenvalue weighted by atomic mass is 10.1. The summed E-state index contributed by atoms with van der Waals surface area (Å²) in [6.45, 7) is 0.204. The minimum atomic E-state index is -0.607. The van der Waals surface area contributed by atoms with E-state index in [1.54, 1.807) is 43.1 Å². The molecule has 3 rings (SSSR count). The molecule has 0 unspecified atom stereocenters. The van der Waals surface area contributed by atoms with Crippen molar-refractivity contribution >= 4 is 22.7 Å². The molecular formula is C18H20N6O4. The van der Waals surface area contributed by atoms with Gasteiger partial charge in [-0.25, -0.2) is 10.8 Å². The molecule has 0 spiro atoms. The third-order valence-corrected chi connectivity index (χ3v) is 4.26. The summed E-state index contributed by atoms with van der Waals surface area (Å²) in [7, 11) is 4.80. The molecule has 146 valence electrons. The number of hydrazine groups is 1. The van der Waals surface area contributed by atoms with Crippen LogP contribution in [0.1, 0.15) is 26.5 Å². The summed E-state index contributed by atoms with van der Waals surface area (Å²) in [5, 5.41) is 7.37. The number of pyridine rings is 1. The maximum absolute atomic E-state index is 12.6. The summed E-state index contributed by atoms with van der Waals surface area (Å²) in [6.07, 6.45) is 1.50. The van der Waals surface area contributed by atoms with E-state index >= 15 is 0 Å². The van der Waals surface area contributed by atoms with Crippen LogP contribution in [-0.4, -0.2) is 40.8 Å².